The Morgan fingerprint density at radius 2 is 0.941 bits per heavy atom. The first-order valence-electron chi connectivity index (χ1n) is 6.21. The SMILES string of the molecule is CC(C)(C)[PH](SB(O)O)(C(C)(C)C)C(C)(C)C. The Morgan fingerprint density at radius 1 is 0.706 bits per heavy atom. The topological polar surface area (TPSA) is 40.5 Å². The quantitative estimate of drug-likeness (QED) is 0.598. The van der Waals surface area contributed by atoms with Crippen molar-refractivity contribution < 1.29 is 10.0 Å². The van der Waals surface area contributed by atoms with Crippen molar-refractivity contribution in [3.8, 4) is 0 Å². The summed E-state index contributed by atoms with van der Waals surface area (Å²) in [6, 6.07) is 0. The van der Waals surface area contributed by atoms with Crippen molar-refractivity contribution in [3.63, 3.8) is 0 Å². The molecule has 5 heteroatoms. The van der Waals surface area contributed by atoms with Crippen LogP contribution in [0.15, 0.2) is 0 Å². The minimum absolute atomic E-state index is 0.0951. The van der Waals surface area contributed by atoms with Crippen LogP contribution in [0, 0.1) is 0 Å². The number of hydrogen-bond donors (Lipinski definition) is 2. The molecule has 0 spiro atoms. The molecule has 2 N–H and O–H groups in total. The van der Waals surface area contributed by atoms with Crippen molar-refractivity contribution in [3.05, 3.63) is 0 Å². The van der Waals surface area contributed by atoms with Gasteiger partial charge in [-0.3, -0.25) is 0 Å². The second-order valence-electron chi connectivity index (χ2n) is 7.88. The summed E-state index contributed by atoms with van der Waals surface area (Å²) in [6.07, 6.45) is -1.28. The fourth-order valence-corrected chi connectivity index (χ4v) is 16.3. The van der Waals surface area contributed by atoms with E-state index in [9.17, 15) is 10.0 Å². The molecule has 0 saturated carbocycles. The van der Waals surface area contributed by atoms with Crippen molar-refractivity contribution in [1.29, 1.82) is 0 Å². The van der Waals surface area contributed by atoms with Gasteiger partial charge in [-0.25, -0.2) is 0 Å². The molecule has 0 unspecified atom stereocenters. The van der Waals surface area contributed by atoms with E-state index in [1.807, 2.05) is 0 Å². The fourth-order valence-electron chi connectivity index (χ4n) is 4.06. The van der Waals surface area contributed by atoms with Gasteiger partial charge >= 0.3 is 112 Å². The molecule has 0 atom stereocenters. The van der Waals surface area contributed by atoms with Crippen molar-refractivity contribution in [1.82, 2.24) is 0 Å². The van der Waals surface area contributed by atoms with Crippen molar-refractivity contribution in [2.45, 2.75) is 77.8 Å². The van der Waals surface area contributed by atoms with Crippen molar-refractivity contribution >= 4 is 24.1 Å². The molecule has 0 aromatic carbocycles. The Balaban J connectivity index is 5.93. The third-order valence-corrected chi connectivity index (χ3v) is 17.6. The van der Waals surface area contributed by atoms with Crippen LogP contribution >= 0.6 is 17.7 Å². The normalized spacial score (nSPS) is 15.9. The molecule has 0 fully saturated rings. The van der Waals surface area contributed by atoms with E-state index in [1.54, 1.807) is 0 Å². The molecule has 0 bridgehead atoms. The maximum absolute atomic E-state index is 9.53. The van der Waals surface area contributed by atoms with Crippen LogP contribution in [-0.2, 0) is 0 Å². The molecule has 0 heterocycles. The summed E-state index contributed by atoms with van der Waals surface area (Å²) >= 11 is 1.42. The average molecular weight is 280 g/mol. The van der Waals surface area contributed by atoms with E-state index in [4.69, 9.17) is 0 Å². The Kier molecular flexibility index (Phi) is 5.26. The Morgan fingerprint density at radius 3 is 1.00 bits per heavy atom. The first kappa shape index (κ1) is 17.8. The molecule has 0 rings (SSSR count). The summed E-state index contributed by atoms with van der Waals surface area (Å²) in [5.74, 6) is 0. The van der Waals surface area contributed by atoms with Gasteiger partial charge in [0.2, 0.25) is 0 Å². The Bertz CT molecular complexity index is 225. The van der Waals surface area contributed by atoms with Crippen LogP contribution < -0.4 is 0 Å². The molecule has 104 valence electrons. The minimum atomic E-state index is -2.05. The van der Waals surface area contributed by atoms with Crippen LogP contribution in [0.1, 0.15) is 62.3 Å². The van der Waals surface area contributed by atoms with Crippen LogP contribution in [0.25, 0.3) is 0 Å². The van der Waals surface area contributed by atoms with Gasteiger partial charge in [-0.1, -0.05) is 0 Å². The summed E-state index contributed by atoms with van der Waals surface area (Å²) < 4.78 is 0. The third kappa shape index (κ3) is 3.40. The first-order valence-corrected chi connectivity index (χ1v) is 9.81. The van der Waals surface area contributed by atoms with Gasteiger partial charge in [0.05, 0.1) is 0 Å². The molecular weight excluding hydrogens is 250 g/mol. The molecule has 0 aliphatic rings. The monoisotopic (exact) mass is 280 g/mol. The molecule has 0 radical (unpaired) electrons. The average Bonchev–Trinajstić information content (AvgIpc) is 1.91. The molecule has 0 aliphatic carbocycles. The molecular formula is C12H30BO2PS. The van der Waals surface area contributed by atoms with Gasteiger partial charge in [0, 0.05) is 0 Å². The number of rotatable bonds is 2. The summed E-state index contributed by atoms with van der Waals surface area (Å²) in [5.41, 5.74) is 0. The summed E-state index contributed by atoms with van der Waals surface area (Å²) in [4.78, 5) is 0. The van der Waals surface area contributed by atoms with Crippen LogP contribution in [-0.4, -0.2) is 31.9 Å². The summed E-state index contributed by atoms with van der Waals surface area (Å²) in [5, 5.41) is 19.3. The molecule has 0 amide bonds. The van der Waals surface area contributed by atoms with Gasteiger partial charge in [-0.15, -0.1) is 0 Å². The van der Waals surface area contributed by atoms with Gasteiger partial charge in [0.1, 0.15) is 0 Å². The van der Waals surface area contributed by atoms with Gasteiger partial charge in [0.15, 0.2) is 0 Å². The molecule has 0 saturated heterocycles. The van der Waals surface area contributed by atoms with E-state index in [1.165, 1.54) is 11.2 Å². The predicted molar refractivity (Wildman–Crippen MR) is 85.4 cm³/mol. The van der Waals surface area contributed by atoms with Crippen molar-refractivity contribution in [2.75, 3.05) is 0 Å². The van der Waals surface area contributed by atoms with E-state index in [0.717, 1.165) is 0 Å². The Hall–Kier alpha value is 0.765. The second kappa shape index (κ2) is 5.04. The van der Waals surface area contributed by atoms with Crippen LogP contribution in [0.2, 0.25) is 0 Å². The zero-order valence-corrected chi connectivity index (χ0v) is 14.7. The van der Waals surface area contributed by atoms with Crippen LogP contribution in [0.5, 0.6) is 0 Å². The Labute approximate surface area is 112 Å². The molecule has 0 aliphatic heterocycles. The van der Waals surface area contributed by atoms with Gasteiger partial charge < -0.3 is 0 Å². The van der Waals surface area contributed by atoms with Gasteiger partial charge in [0.25, 0.3) is 0 Å². The van der Waals surface area contributed by atoms with Gasteiger partial charge in [-0.05, 0) is 0 Å². The van der Waals surface area contributed by atoms with Crippen LogP contribution in [0.4, 0.5) is 0 Å². The standard InChI is InChI=1S/C12H30BO2PS/c1-10(2,3)16(11(4,5)6,12(7,8)9)17-13(14)15/h14-16H,1-9H3. The van der Waals surface area contributed by atoms with E-state index < -0.39 is 12.9 Å². The molecule has 0 aromatic heterocycles. The van der Waals surface area contributed by atoms with Crippen molar-refractivity contribution in [2.24, 2.45) is 0 Å². The second-order valence-corrected chi connectivity index (χ2v) is 16.9. The third-order valence-electron chi connectivity index (χ3n) is 3.45. The van der Waals surface area contributed by atoms with Gasteiger partial charge in [-0.2, -0.15) is 0 Å². The van der Waals surface area contributed by atoms with E-state index in [0.29, 0.717) is 0 Å². The summed E-state index contributed by atoms with van der Waals surface area (Å²) in [7, 11) is 0. The zero-order chi connectivity index (χ0) is 14.3. The molecule has 0 aromatic rings. The molecule has 17 heavy (non-hydrogen) atoms. The predicted octanol–water partition coefficient (Wildman–Crippen LogP) is 3.75. The fraction of sp³-hybridized carbons (Fsp3) is 1.00. The zero-order valence-electron chi connectivity index (χ0n) is 12.9. The molecule has 2 nitrogen and oxygen atoms in total. The van der Waals surface area contributed by atoms with E-state index in [2.05, 4.69) is 62.3 Å². The maximum atomic E-state index is 9.53. The van der Waals surface area contributed by atoms with E-state index >= 15 is 0 Å². The summed E-state index contributed by atoms with van der Waals surface area (Å²) in [6.45, 7) is 18.1. The van der Waals surface area contributed by atoms with Crippen LogP contribution in [0.3, 0.4) is 0 Å². The first-order chi connectivity index (χ1) is 7.17. The van der Waals surface area contributed by atoms with E-state index in [-0.39, 0.29) is 15.5 Å². The number of hydrogen-bond acceptors (Lipinski definition) is 3.